The molecule has 1 N–H and O–H groups in total. The van der Waals surface area contributed by atoms with E-state index in [0.717, 1.165) is 23.8 Å². The second-order valence-corrected chi connectivity index (χ2v) is 7.10. The van der Waals surface area contributed by atoms with Gasteiger partial charge < -0.3 is 10.2 Å². The van der Waals surface area contributed by atoms with Crippen molar-refractivity contribution in [3.63, 3.8) is 0 Å². The highest BCUT2D eigenvalue weighted by atomic mass is 15.1. The lowest BCUT2D eigenvalue weighted by Crippen LogP contribution is -2.38. The molecule has 0 amide bonds. The van der Waals surface area contributed by atoms with Gasteiger partial charge in [0.15, 0.2) is 0 Å². The topological polar surface area (TPSA) is 15.3 Å². The molecule has 1 saturated heterocycles. The Kier molecular flexibility index (Phi) is 5.50. The van der Waals surface area contributed by atoms with Crippen molar-refractivity contribution in [2.75, 3.05) is 26.7 Å². The lowest BCUT2D eigenvalue weighted by molar-refractivity contribution is 0.202. The number of nitrogens with one attached hydrogen (secondary N) is 1. The van der Waals surface area contributed by atoms with Gasteiger partial charge in [-0.1, -0.05) is 13.8 Å². The molecule has 0 aromatic heterocycles. The lowest BCUT2D eigenvalue weighted by Gasteiger charge is -2.33. The van der Waals surface area contributed by atoms with Crippen molar-refractivity contribution >= 4 is 0 Å². The van der Waals surface area contributed by atoms with Crippen molar-refractivity contribution in [3.05, 3.63) is 0 Å². The average molecular weight is 252 g/mol. The summed E-state index contributed by atoms with van der Waals surface area (Å²) in [7, 11) is 2.25. The van der Waals surface area contributed by atoms with Gasteiger partial charge in [0.25, 0.3) is 0 Å². The van der Waals surface area contributed by atoms with Crippen LogP contribution in [-0.4, -0.2) is 37.6 Å². The van der Waals surface area contributed by atoms with Crippen molar-refractivity contribution in [2.45, 2.75) is 58.4 Å². The van der Waals surface area contributed by atoms with E-state index in [4.69, 9.17) is 0 Å². The van der Waals surface area contributed by atoms with Crippen molar-refractivity contribution in [3.8, 4) is 0 Å². The van der Waals surface area contributed by atoms with E-state index in [1.54, 1.807) is 0 Å². The Hall–Kier alpha value is -0.0800. The maximum Gasteiger partial charge on any atom is 0.00721 e. The molecule has 1 heterocycles. The van der Waals surface area contributed by atoms with Gasteiger partial charge in [-0.05, 0) is 83.0 Å². The first-order valence-electron chi connectivity index (χ1n) is 8.05. The van der Waals surface area contributed by atoms with Gasteiger partial charge in [-0.3, -0.25) is 0 Å². The molecule has 2 fully saturated rings. The Morgan fingerprint density at radius 1 is 1.00 bits per heavy atom. The number of hydrogen-bond acceptors (Lipinski definition) is 2. The molecule has 2 atom stereocenters. The minimum absolute atomic E-state index is 0.801. The van der Waals surface area contributed by atoms with E-state index in [-0.39, 0.29) is 0 Å². The molecule has 0 radical (unpaired) electrons. The predicted molar refractivity (Wildman–Crippen MR) is 78.8 cm³/mol. The Bertz CT molecular complexity index is 223. The normalized spacial score (nSPS) is 35.8. The maximum atomic E-state index is 3.83. The summed E-state index contributed by atoms with van der Waals surface area (Å²) in [6.07, 6.45) is 8.46. The summed E-state index contributed by atoms with van der Waals surface area (Å²) < 4.78 is 0. The van der Waals surface area contributed by atoms with Crippen LogP contribution in [0, 0.1) is 17.8 Å². The number of nitrogens with zero attached hydrogens (tertiary/aromatic N) is 1. The highest BCUT2D eigenvalue weighted by Gasteiger charge is 2.23. The Morgan fingerprint density at radius 2 is 1.61 bits per heavy atom. The van der Waals surface area contributed by atoms with Crippen molar-refractivity contribution < 1.29 is 0 Å². The molecule has 0 aromatic carbocycles. The summed E-state index contributed by atoms with van der Waals surface area (Å²) in [6, 6.07) is 0.801. The largest absolute Gasteiger partial charge is 0.314 e. The van der Waals surface area contributed by atoms with Crippen molar-refractivity contribution in [1.29, 1.82) is 0 Å². The highest BCUT2D eigenvalue weighted by molar-refractivity contribution is 4.80. The molecule has 106 valence electrons. The van der Waals surface area contributed by atoms with Crippen LogP contribution in [0.25, 0.3) is 0 Å². The molecule has 1 saturated carbocycles. The Morgan fingerprint density at radius 3 is 2.22 bits per heavy atom. The van der Waals surface area contributed by atoms with E-state index in [9.17, 15) is 0 Å². The summed E-state index contributed by atoms with van der Waals surface area (Å²) in [6.45, 7) is 8.70. The van der Waals surface area contributed by atoms with E-state index in [1.165, 1.54) is 58.2 Å². The molecule has 1 aliphatic heterocycles. The van der Waals surface area contributed by atoms with Crippen LogP contribution in [0.15, 0.2) is 0 Å². The fourth-order valence-corrected chi connectivity index (χ4v) is 3.96. The van der Waals surface area contributed by atoms with Crippen molar-refractivity contribution in [2.24, 2.45) is 17.8 Å². The molecular weight excluding hydrogens is 220 g/mol. The first-order valence-corrected chi connectivity index (χ1v) is 8.05. The molecule has 1 aliphatic carbocycles. The molecular formula is C16H32N2. The third-order valence-corrected chi connectivity index (χ3v) is 5.00. The summed E-state index contributed by atoms with van der Waals surface area (Å²) in [4.78, 5) is 2.47. The van der Waals surface area contributed by atoms with Crippen LogP contribution in [0.2, 0.25) is 0 Å². The summed E-state index contributed by atoms with van der Waals surface area (Å²) in [5.74, 6) is 2.83. The molecule has 2 heteroatoms. The molecule has 2 aliphatic rings. The fraction of sp³-hybridized carbons (Fsp3) is 1.00. The maximum absolute atomic E-state index is 3.83. The Labute approximate surface area is 114 Å². The quantitative estimate of drug-likeness (QED) is 0.827. The lowest BCUT2D eigenvalue weighted by atomic mass is 9.80. The second kappa shape index (κ2) is 6.91. The highest BCUT2D eigenvalue weighted by Crippen LogP contribution is 2.28. The van der Waals surface area contributed by atoms with Gasteiger partial charge >= 0.3 is 0 Å². The minimum atomic E-state index is 0.801. The van der Waals surface area contributed by atoms with E-state index in [2.05, 4.69) is 31.1 Å². The van der Waals surface area contributed by atoms with Crippen molar-refractivity contribution in [1.82, 2.24) is 10.2 Å². The summed E-state index contributed by atoms with van der Waals surface area (Å²) in [5.41, 5.74) is 0. The van der Waals surface area contributed by atoms with Crippen LogP contribution in [-0.2, 0) is 0 Å². The van der Waals surface area contributed by atoms with E-state index < -0.39 is 0 Å². The van der Waals surface area contributed by atoms with Crippen LogP contribution < -0.4 is 5.32 Å². The van der Waals surface area contributed by atoms with Gasteiger partial charge in [0.1, 0.15) is 0 Å². The van der Waals surface area contributed by atoms with Crippen LogP contribution in [0.3, 0.4) is 0 Å². The zero-order valence-corrected chi connectivity index (χ0v) is 12.6. The third kappa shape index (κ3) is 4.55. The van der Waals surface area contributed by atoms with Gasteiger partial charge in [0, 0.05) is 6.04 Å². The third-order valence-electron chi connectivity index (χ3n) is 5.00. The molecule has 18 heavy (non-hydrogen) atoms. The standard InChI is InChI=1S/C16H32N2/c1-13-10-14(2)12-16(11-13)17-7-4-15-5-8-18(3)9-6-15/h13-17H,4-12H2,1-3H3. The van der Waals surface area contributed by atoms with Crippen LogP contribution >= 0.6 is 0 Å². The first-order chi connectivity index (χ1) is 8.63. The first kappa shape index (κ1) is 14.3. The fourth-order valence-electron chi connectivity index (χ4n) is 3.96. The zero-order valence-electron chi connectivity index (χ0n) is 12.6. The molecule has 2 unspecified atom stereocenters. The summed E-state index contributed by atoms with van der Waals surface area (Å²) >= 11 is 0. The SMILES string of the molecule is CC1CC(C)CC(NCCC2CCN(C)CC2)C1. The van der Waals surface area contributed by atoms with Gasteiger partial charge in [-0.25, -0.2) is 0 Å². The van der Waals surface area contributed by atoms with Crippen LogP contribution in [0.1, 0.15) is 52.4 Å². The van der Waals surface area contributed by atoms with E-state index in [0.29, 0.717) is 0 Å². The Balaban J connectivity index is 1.60. The van der Waals surface area contributed by atoms with Crippen LogP contribution in [0.4, 0.5) is 0 Å². The van der Waals surface area contributed by atoms with Gasteiger partial charge in [0.2, 0.25) is 0 Å². The van der Waals surface area contributed by atoms with Gasteiger partial charge in [0.05, 0.1) is 0 Å². The summed E-state index contributed by atoms with van der Waals surface area (Å²) in [5, 5.41) is 3.83. The number of rotatable bonds is 4. The molecule has 0 aromatic rings. The second-order valence-electron chi connectivity index (χ2n) is 7.10. The predicted octanol–water partition coefficient (Wildman–Crippen LogP) is 3.13. The van der Waals surface area contributed by atoms with Gasteiger partial charge in [-0.2, -0.15) is 0 Å². The zero-order chi connectivity index (χ0) is 13.0. The minimum Gasteiger partial charge on any atom is -0.314 e. The molecule has 2 nitrogen and oxygen atoms in total. The smallest absolute Gasteiger partial charge is 0.00721 e. The molecule has 0 bridgehead atoms. The van der Waals surface area contributed by atoms with Gasteiger partial charge in [-0.15, -0.1) is 0 Å². The number of likely N-dealkylation sites (tertiary alicyclic amines) is 1. The number of piperidine rings is 1. The molecule has 2 rings (SSSR count). The van der Waals surface area contributed by atoms with Crippen LogP contribution in [0.5, 0.6) is 0 Å². The van der Waals surface area contributed by atoms with E-state index >= 15 is 0 Å². The van der Waals surface area contributed by atoms with E-state index in [1.807, 2.05) is 0 Å². The monoisotopic (exact) mass is 252 g/mol. The molecule has 0 spiro atoms. The average Bonchev–Trinajstić information content (AvgIpc) is 2.30. The number of hydrogen-bond donors (Lipinski definition) is 1.